The summed E-state index contributed by atoms with van der Waals surface area (Å²) in [6.45, 7) is 6.18. The summed E-state index contributed by atoms with van der Waals surface area (Å²) in [6, 6.07) is -0.374. The van der Waals surface area contributed by atoms with E-state index in [2.05, 4.69) is 29.4 Å². The van der Waals surface area contributed by atoms with Gasteiger partial charge in [-0.3, -0.25) is 4.84 Å². The molecule has 0 aromatic heterocycles. The summed E-state index contributed by atoms with van der Waals surface area (Å²) >= 11 is 1.36. The molecule has 1 atom stereocenters. The summed E-state index contributed by atoms with van der Waals surface area (Å²) in [6.07, 6.45) is 21.5. The van der Waals surface area contributed by atoms with Gasteiger partial charge in [0, 0.05) is 12.1 Å². The largest absolute Gasteiger partial charge is 0.365 e. The first-order valence-electron chi connectivity index (χ1n) is 10.8. The van der Waals surface area contributed by atoms with Crippen LogP contribution in [0.15, 0.2) is 77.3 Å². The minimum absolute atomic E-state index is 0.242. The average molecular weight is 463 g/mol. The number of nitrogens with zero attached hydrogens (tertiary/aromatic N) is 3. The van der Waals surface area contributed by atoms with E-state index in [1.54, 1.807) is 26.0 Å². The number of allylic oxidation sites excluding steroid dienone is 11. The molecule has 2 aliphatic rings. The monoisotopic (exact) mass is 462 g/mol. The number of thioether (sulfide) groups is 1. The highest BCUT2D eigenvalue weighted by Crippen LogP contribution is 2.35. The van der Waals surface area contributed by atoms with Gasteiger partial charge in [-0.05, 0) is 52.7 Å². The third-order valence-electron chi connectivity index (χ3n) is 4.37. The van der Waals surface area contributed by atoms with Crippen LogP contribution in [0.5, 0.6) is 0 Å². The molecule has 6 nitrogen and oxygen atoms in total. The van der Waals surface area contributed by atoms with E-state index in [0.717, 1.165) is 12.8 Å². The normalized spacial score (nSPS) is 18.5. The van der Waals surface area contributed by atoms with Crippen molar-refractivity contribution < 1.29 is 14.0 Å². The second kappa shape index (κ2) is 16.2. The highest BCUT2D eigenvalue weighted by molar-refractivity contribution is 8.15. The zero-order chi connectivity index (χ0) is 23.8. The number of hydrazone groups is 1. The molecule has 0 fully saturated rings. The van der Waals surface area contributed by atoms with Gasteiger partial charge in [0.25, 0.3) is 0 Å². The molecule has 0 aromatic rings. The van der Waals surface area contributed by atoms with Crippen molar-refractivity contribution >= 4 is 22.8 Å². The number of rotatable bonds is 8. The van der Waals surface area contributed by atoms with E-state index in [1.807, 2.05) is 25.2 Å². The van der Waals surface area contributed by atoms with Gasteiger partial charge in [-0.2, -0.15) is 10.1 Å². The number of amides is 2. The lowest BCUT2D eigenvalue weighted by atomic mass is 10.2. The van der Waals surface area contributed by atoms with Gasteiger partial charge in [0.15, 0.2) is 0 Å². The SMILES string of the molecule is C1=CC=CCC=C1.C\C=C/C=C(C1=NN(C(=O)N(CC)OC)[C@@H](CCCN)S1)\C(F)=C/C. The number of halogens is 1. The Morgan fingerprint density at radius 1 is 1.34 bits per heavy atom. The summed E-state index contributed by atoms with van der Waals surface area (Å²) in [5, 5.41) is 7.17. The predicted octanol–water partition coefficient (Wildman–Crippen LogP) is 5.85. The van der Waals surface area contributed by atoms with Crippen LogP contribution >= 0.6 is 11.8 Å². The predicted molar refractivity (Wildman–Crippen MR) is 134 cm³/mol. The van der Waals surface area contributed by atoms with E-state index in [9.17, 15) is 9.18 Å². The van der Waals surface area contributed by atoms with Gasteiger partial charge in [-0.1, -0.05) is 66.4 Å². The van der Waals surface area contributed by atoms with Crippen molar-refractivity contribution in [2.75, 3.05) is 20.2 Å². The second-order valence-electron chi connectivity index (χ2n) is 6.63. The first-order chi connectivity index (χ1) is 15.5. The molecule has 0 aromatic carbocycles. The maximum atomic E-state index is 14.3. The molecule has 0 saturated heterocycles. The van der Waals surface area contributed by atoms with E-state index in [-0.39, 0.29) is 17.2 Å². The Balaban J connectivity index is 0.000000616. The standard InChI is InChI=1S/C17H27FN4O2S.C7H8/c1-5-8-10-13(14(18)6-2)16-20-22(15(25-16)11-9-12-19)17(23)21(7-3)24-4;1-2-4-6-7-5-3-1/h5-6,8,10,15H,7,9,11-12,19H2,1-4H3;1-6H,7H2/b8-5-,13-10+,14-6+;/t15-;/m1./s1. The first kappa shape index (κ1) is 27.6. The molecule has 2 rings (SSSR count). The zero-order valence-corrected chi connectivity index (χ0v) is 20.2. The van der Waals surface area contributed by atoms with Crippen LogP contribution in [-0.4, -0.2) is 46.7 Å². The average Bonchev–Trinajstić information content (AvgIpc) is 3.00. The summed E-state index contributed by atoms with van der Waals surface area (Å²) in [5.74, 6) is -0.379. The van der Waals surface area contributed by atoms with Crippen molar-refractivity contribution in [1.29, 1.82) is 0 Å². The summed E-state index contributed by atoms with van der Waals surface area (Å²) < 4.78 is 14.3. The molecule has 2 amide bonds. The van der Waals surface area contributed by atoms with E-state index in [1.165, 1.54) is 35.0 Å². The number of carbonyl (C=O) groups excluding carboxylic acids is 1. The molecule has 8 heteroatoms. The van der Waals surface area contributed by atoms with E-state index in [4.69, 9.17) is 10.6 Å². The maximum Gasteiger partial charge on any atom is 0.365 e. The third-order valence-corrected chi connectivity index (χ3v) is 5.60. The summed E-state index contributed by atoms with van der Waals surface area (Å²) in [5.41, 5.74) is 5.96. The fraction of sp³-hybridized carbons (Fsp3) is 0.417. The van der Waals surface area contributed by atoms with Crippen molar-refractivity contribution in [3.05, 3.63) is 72.2 Å². The van der Waals surface area contributed by atoms with Crippen LogP contribution in [0, 0.1) is 0 Å². The van der Waals surface area contributed by atoms with Crippen LogP contribution in [-0.2, 0) is 4.84 Å². The van der Waals surface area contributed by atoms with Crippen molar-refractivity contribution in [3.63, 3.8) is 0 Å². The van der Waals surface area contributed by atoms with Gasteiger partial charge < -0.3 is 5.73 Å². The Bertz CT molecular complexity index is 782. The molecule has 0 saturated carbocycles. The van der Waals surface area contributed by atoms with E-state index in [0.29, 0.717) is 30.1 Å². The Kier molecular flexibility index (Phi) is 14.0. The van der Waals surface area contributed by atoms with Gasteiger partial charge in [0.1, 0.15) is 16.2 Å². The fourth-order valence-electron chi connectivity index (χ4n) is 2.70. The molecule has 0 spiro atoms. The lowest BCUT2D eigenvalue weighted by molar-refractivity contribution is -0.0933. The Morgan fingerprint density at radius 3 is 2.56 bits per heavy atom. The number of urea groups is 1. The Morgan fingerprint density at radius 2 is 2.03 bits per heavy atom. The minimum Gasteiger partial charge on any atom is -0.330 e. The number of nitrogens with two attached hydrogens (primary N) is 1. The molecule has 176 valence electrons. The first-order valence-corrected chi connectivity index (χ1v) is 11.7. The number of carbonyl (C=O) groups is 1. The molecular weight excluding hydrogens is 427 g/mol. The zero-order valence-electron chi connectivity index (χ0n) is 19.4. The van der Waals surface area contributed by atoms with Crippen LogP contribution in [0.25, 0.3) is 0 Å². The number of hydroxylamine groups is 2. The maximum absolute atomic E-state index is 14.3. The molecule has 1 heterocycles. The van der Waals surface area contributed by atoms with Crippen molar-refractivity contribution in [3.8, 4) is 0 Å². The van der Waals surface area contributed by atoms with E-state index >= 15 is 0 Å². The van der Waals surface area contributed by atoms with Crippen molar-refractivity contribution in [1.82, 2.24) is 10.1 Å². The van der Waals surface area contributed by atoms with Gasteiger partial charge in [0.2, 0.25) is 0 Å². The van der Waals surface area contributed by atoms with Crippen LogP contribution in [0.1, 0.15) is 40.0 Å². The molecule has 2 N–H and O–H groups in total. The van der Waals surface area contributed by atoms with Crippen molar-refractivity contribution in [2.24, 2.45) is 10.8 Å². The summed E-state index contributed by atoms with van der Waals surface area (Å²) in [4.78, 5) is 17.7. The molecular formula is C24H35FN4O2S. The fourth-order valence-corrected chi connectivity index (χ4v) is 3.91. The molecule has 0 unspecified atom stereocenters. The van der Waals surface area contributed by atoms with Crippen molar-refractivity contribution in [2.45, 2.75) is 45.4 Å². The smallest absolute Gasteiger partial charge is 0.330 e. The highest BCUT2D eigenvalue weighted by atomic mass is 32.2. The molecule has 1 aliphatic carbocycles. The molecule has 1 aliphatic heterocycles. The lowest BCUT2D eigenvalue weighted by Crippen LogP contribution is -2.42. The third kappa shape index (κ3) is 8.98. The van der Waals surface area contributed by atoms with Crippen LogP contribution < -0.4 is 5.73 Å². The number of hydrogen-bond acceptors (Lipinski definition) is 5. The van der Waals surface area contributed by atoms with Crippen LogP contribution in [0.2, 0.25) is 0 Å². The second-order valence-corrected chi connectivity index (χ2v) is 7.80. The van der Waals surface area contributed by atoms with E-state index < -0.39 is 0 Å². The number of hydrogen-bond donors (Lipinski definition) is 1. The summed E-state index contributed by atoms with van der Waals surface area (Å²) in [7, 11) is 1.43. The topological polar surface area (TPSA) is 71.2 Å². The van der Waals surface area contributed by atoms with Gasteiger partial charge in [-0.25, -0.2) is 14.2 Å². The minimum atomic E-state index is -0.379. The van der Waals surface area contributed by atoms with Gasteiger partial charge >= 0.3 is 6.03 Å². The highest BCUT2D eigenvalue weighted by Gasteiger charge is 2.36. The Hall–Kier alpha value is -2.42. The molecule has 32 heavy (non-hydrogen) atoms. The lowest BCUT2D eigenvalue weighted by Gasteiger charge is -2.26. The Labute approximate surface area is 195 Å². The van der Waals surface area contributed by atoms with Crippen LogP contribution in [0.4, 0.5) is 9.18 Å². The van der Waals surface area contributed by atoms with Crippen LogP contribution in [0.3, 0.4) is 0 Å². The van der Waals surface area contributed by atoms with Gasteiger partial charge in [-0.15, -0.1) is 0 Å². The molecule has 0 radical (unpaired) electrons. The quantitative estimate of drug-likeness (QED) is 0.363. The molecule has 0 bridgehead atoms. The van der Waals surface area contributed by atoms with Gasteiger partial charge in [0.05, 0.1) is 7.11 Å².